The van der Waals surface area contributed by atoms with E-state index in [1.54, 1.807) is 0 Å². The van der Waals surface area contributed by atoms with Gasteiger partial charge in [-0.2, -0.15) is 9.61 Å². The zero-order chi connectivity index (χ0) is 9.42. The van der Waals surface area contributed by atoms with E-state index in [4.69, 9.17) is 0 Å². The minimum absolute atomic E-state index is 0.921. The maximum Gasteiger partial charge on any atom is 0.160 e. The second-order valence-electron chi connectivity index (χ2n) is 3.10. The first kappa shape index (κ1) is 8.04. The first-order chi connectivity index (χ1) is 6.22. The van der Waals surface area contributed by atoms with Crippen molar-refractivity contribution < 1.29 is 0 Å². The van der Waals surface area contributed by atoms with Gasteiger partial charge in [-0.25, -0.2) is 4.98 Å². The molecule has 2 aromatic heterocycles. The molecule has 0 aliphatic heterocycles. The van der Waals surface area contributed by atoms with E-state index >= 15 is 0 Å². The Balaban J connectivity index is 2.84. The second kappa shape index (κ2) is 2.73. The quantitative estimate of drug-likeness (QED) is 0.714. The molecule has 1 N–H and O–H groups in total. The Bertz CT molecular complexity index is 444. The van der Waals surface area contributed by atoms with Crippen molar-refractivity contribution in [3.05, 3.63) is 23.5 Å². The number of anilines is 1. The van der Waals surface area contributed by atoms with Gasteiger partial charge in [-0.05, 0) is 13.8 Å². The normalized spacial score (nSPS) is 10.7. The van der Waals surface area contributed by atoms with Crippen LogP contribution in [-0.4, -0.2) is 21.6 Å². The molecule has 0 aliphatic carbocycles. The van der Waals surface area contributed by atoms with Crippen LogP contribution in [0.5, 0.6) is 0 Å². The molecule has 13 heavy (non-hydrogen) atoms. The predicted molar refractivity (Wildman–Crippen MR) is 52.0 cm³/mol. The molecule has 0 amide bonds. The highest BCUT2D eigenvalue weighted by molar-refractivity contribution is 5.53. The van der Waals surface area contributed by atoms with Gasteiger partial charge in [-0.3, -0.25) is 0 Å². The Hall–Kier alpha value is -1.58. The van der Waals surface area contributed by atoms with E-state index in [-0.39, 0.29) is 0 Å². The number of fused-ring (bicyclic) bond motifs is 1. The molecule has 0 aliphatic rings. The van der Waals surface area contributed by atoms with Gasteiger partial charge in [-0.15, -0.1) is 0 Å². The van der Waals surface area contributed by atoms with E-state index in [1.165, 1.54) is 0 Å². The van der Waals surface area contributed by atoms with Crippen LogP contribution in [0.15, 0.2) is 12.3 Å². The standard InChI is InChI=1S/C9H12N4/c1-6-5-11-13-8(10-3)4-7(2)12-9(6)13/h4-5,10H,1-3H3. The largest absolute Gasteiger partial charge is 0.373 e. The molecule has 0 spiro atoms. The van der Waals surface area contributed by atoms with Crippen molar-refractivity contribution in [2.45, 2.75) is 13.8 Å². The number of hydrogen-bond acceptors (Lipinski definition) is 3. The molecule has 0 atom stereocenters. The number of rotatable bonds is 1. The van der Waals surface area contributed by atoms with Gasteiger partial charge < -0.3 is 5.32 Å². The van der Waals surface area contributed by atoms with E-state index in [1.807, 2.05) is 37.7 Å². The van der Waals surface area contributed by atoms with Crippen LogP contribution >= 0.6 is 0 Å². The highest BCUT2D eigenvalue weighted by atomic mass is 15.3. The first-order valence-corrected chi connectivity index (χ1v) is 4.22. The van der Waals surface area contributed by atoms with Crippen LogP contribution in [0, 0.1) is 13.8 Å². The molecule has 4 nitrogen and oxygen atoms in total. The van der Waals surface area contributed by atoms with Gasteiger partial charge in [-0.1, -0.05) is 0 Å². The zero-order valence-electron chi connectivity index (χ0n) is 8.00. The van der Waals surface area contributed by atoms with Gasteiger partial charge in [0.2, 0.25) is 0 Å². The Morgan fingerprint density at radius 3 is 2.85 bits per heavy atom. The van der Waals surface area contributed by atoms with E-state index in [0.717, 1.165) is 22.7 Å². The van der Waals surface area contributed by atoms with Crippen molar-refractivity contribution in [2.75, 3.05) is 12.4 Å². The Labute approximate surface area is 76.6 Å². The zero-order valence-corrected chi connectivity index (χ0v) is 8.00. The molecule has 2 aromatic rings. The van der Waals surface area contributed by atoms with Gasteiger partial charge in [0.15, 0.2) is 5.65 Å². The number of nitrogens with zero attached hydrogens (tertiary/aromatic N) is 3. The van der Waals surface area contributed by atoms with Gasteiger partial charge in [0, 0.05) is 24.4 Å². The lowest BCUT2D eigenvalue weighted by Crippen LogP contribution is -2.01. The number of nitrogens with one attached hydrogen (secondary N) is 1. The van der Waals surface area contributed by atoms with Crippen LogP contribution in [0.2, 0.25) is 0 Å². The lowest BCUT2D eigenvalue weighted by atomic mass is 10.3. The van der Waals surface area contributed by atoms with Crippen molar-refractivity contribution in [3.8, 4) is 0 Å². The summed E-state index contributed by atoms with van der Waals surface area (Å²) in [5.41, 5.74) is 3.02. The molecule has 0 bridgehead atoms. The van der Waals surface area contributed by atoms with E-state index in [0.29, 0.717) is 0 Å². The smallest absolute Gasteiger partial charge is 0.160 e. The van der Waals surface area contributed by atoms with Gasteiger partial charge in [0.1, 0.15) is 5.82 Å². The summed E-state index contributed by atoms with van der Waals surface area (Å²) >= 11 is 0. The summed E-state index contributed by atoms with van der Waals surface area (Å²) in [6, 6.07) is 1.97. The molecule has 68 valence electrons. The molecule has 0 aromatic carbocycles. The molecular weight excluding hydrogens is 164 g/mol. The average molecular weight is 176 g/mol. The summed E-state index contributed by atoms with van der Waals surface area (Å²) in [5, 5.41) is 7.31. The third-order valence-electron chi connectivity index (χ3n) is 2.03. The van der Waals surface area contributed by atoms with E-state index in [2.05, 4.69) is 15.4 Å². The highest BCUT2D eigenvalue weighted by Gasteiger charge is 2.05. The molecule has 2 rings (SSSR count). The molecule has 0 radical (unpaired) electrons. The van der Waals surface area contributed by atoms with E-state index < -0.39 is 0 Å². The fraction of sp³-hybridized carbons (Fsp3) is 0.333. The lowest BCUT2D eigenvalue weighted by Gasteiger charge is -2.04. The maximum absolute atomic E-state index is 4.40. The molecule has 4 heteroatoms. The van der Waals surface area contributed by atoms with Gasteiger partial charge >= 0.3 is 0 Å². The molecule has 0 unspecified atom stereocenters. The Morgan fingerprint density at radius 1 is 1.38 bits per heavy atom. The summed E-state index contributed by atoms with van der Waals surface area (Å²) in [6.45, 7) is 3.99. The first-order valence-electron chi connectivity index (χ1n) is 4.22. The van der Waals surface area contributed by atoms with Crippen molar-refractivity contribution >= 4 is 11.5 Å². The van der Waals surface area contributed by atoms with Crippen LogP contribution in [0.25, 0.3) is 5.65 Å². The van der Waals surface area contributed by atoms with Crippen LogP contribution in [0.4, 0.5) is 5.82 Å². The molecule has 0 saturated carbocycles. The fourth-order valence-corrected chi connectivity index (χ4v) is 1.37. The molecule has 0 fully saturated rings. The summed E-state index contributed by atoms with van der Waals surface area (Å²) in [6.07, 6.45) is 1.82. The summed E-state index contributed by atoms with van der Waals surface area (Å²) in [5.74, 6) is 0.968. The highest BCUT2D eigenvalue weighted by Crippen LogP contribution is 2.13. The van der Waals surface area contributed by atoms with Crippen molar-refractivity contribution in [1.82, 2.24) is 14.6 Å². The Morgan fingerprint density at radius 2 is 2.15 bits per heavy atom. The summed E-state index contributed by atoms with van der Waals surface area (Å²) in [7, 11) is 1.88. The van der Waals surface area contributed by atoms with Crippen molar-refractivity contribution in [1.29, 1.82) is 0 Å². The van der Waals surface area contributed by atoms with E-state index in [9.17, 15) is 0 Å². The monoisotopic (exact) mass is 176 g/mol. The van der Waals surface area contributed by atoms with Crippen LogP contribution in [0.3, 0.4) is 0 Å². The molecule has 0 saturated heterocycles. The number of aryl methyl sites for hydroxylation is 2. The minimum atomic E-state index is 0.921. The van der Waals surface area contributed by atoms with Crippen molar-refractivity contribution in [3.63, 3.8) is 0 Å². The third kappa shape index (κ3) is 1.14. The van der Waals surface area contributed by atoms with Gasteiger partial charge in [0.25, 0.3) is 0 Å². The predicted octanol–water partition coefficient (Wildman–Crippen LogP) is 1.39. The second-order valence-corrected chi connectivity index (χ2v) is 3.10. The maximum atomic E-state index is 4.40. The molecule has 2 heterocycles. The summed E-state index contributed by atoms with van der Waals surface area (Å²) in [4.78, 5) is 4.40. The average Bonchev–Trinajstić information content (AvgIpc) is 2.47. The topological polar surface area (TPSA) is 42.2 Å². The van der Waals surface area contributed by atoms with Crippen LogP contribution < -0.4 is 5.32 Å². The third-order valence-corrected chi connectivity index (χ3v) is 2.03. The number of hydrogen-bond donors (Lipinski definition) is 1. The van der Waals surface area contributed by atoms with Gasteiger partial charge in [0.05, 0.1) is 6.20 Å². The molecular formula is C9H12N4. The number of aromatic nitrogens is 3. The minimum Gasteiger partial charge on any atom is -0.373 e. The van der Waals surface area contributed by atoms with Crippen LogP contribution in [-0.2, 0) is 0 Å². The fourth-order valence-electron chi connectivity index (χ4n) is 1.37. The summed E-state index contributed by atoms with van der Waals surface area (Å²) < 4.78 is 1.81. The SMILES string of the molecule is CNc1cc(C)nc2c(C)cnn12. The van der Waals surface area contributed by atoms with Crippen molar-refractivity contribution in [2.24, 2.45) is 0 Å². The van der Waals surface area contributed by atoms with Crippen LogP contribution in [0.1, 0.15) is 11.3 Å². The lowest BCUT2D eigenvalue weighted by molar-refractivity contribution is 0.934. The Kier molecular flexibility index (Phi) is 1.69.